The summed E-state index contributed by atoms with van der Waals surface area (Å²) in [6.07, 6.45) is 21.9. The summed E-state index contributed by atoms with van der Waals surface area (Å²) in [6, 6.07) is 0. The molecule has 146 valence electrons. The summed E-state index contributed by atoms with van der Waals surface area (Å²) >= 11 is 0. The molecule has 24 heavy (non-hydrogen) atoms. The highest BCUT2D eigenvalue weighted by molar-refractivity contribution is 4.65. The van der Waals surface area contributed by atoms with Gasteiger partial charge in [0.25, 0.3) is 0 Å². The molecule has 0 atom stereocenters. The lowest BCUT2D eigenvalue weighted by atomic mass is 9.86. The molecule has 0 aromatic rings. The van der Waals surface area contributed by atoms with Crippen molar-refractivity contribution in [3.05, 3.63) is 0 Å². The van der Waals surface area contributed by atoms with Gasteiger partial charge in [0.15, 0.2) is 0 Å². The van der Waals surface area contributed by atoms with Gasteiger partial charge >= 0.3 is 0 Å². The van der Waals surface area contributed by atoms with Crippen molar-refractivity contribution in [3.63, 3.8) is 0 Å². The van der Waals surface area contributed by atoms with E-state index >= 15 is 0 Å². The topological polar surface area (TPSA) is 18.5 Å². The van der Waals surface area contributed by atoms with Crippen LogP contribution in [-0.4, -0.2) is 13.2 Å². The van der Waals surface area contributed by atoms with Gasteiger partial charge in [-0.15, -0.1) is 0 Å². The van der Waals surface area contributed by atoms with Gasteiger partial charge in [-0.2, -0.15) is 0 Å². The van der Waals surface area contributed by atoms with E-state index in [9.17, 15) is 0 Å². The van der Waals surface area contributed by atoms with Gasteiger partial charge < -0.3 is 0 Å². The van der Waals surface area contributed by atoms with Crippen LogP contribution in [0.25, 0.3) is 0 Å². The van der Waals surface area contributed by atoms with Crippen LogP contribution >= 0.6 is 0 Å². The molecule has 0 aliphatic heterocycles. The number of rotatable bonds is 14. The minimum Gasteiger partial charge on any atom is -0.237 e. The summed E-state index contributed by atoms with van der Waals surface area (Å²) < 4.78 is 0. The first-order valence-corrected chi connectivity index (χ1v) is 11.1. The Kier molecular flexibility index (Phi) is 20.9. The Morgan fingerprint density at radius 1 is 0.583 bits per heavy atom. The maximum absolute atomic E-state index is 5.06. The molecule has 1 saturated carbocycles. The van der Waals surface area contributed by atoms with Gasteiger partial charge in [0.2, 0.25) is 0 Å². The summed E-state index contributed by atoms with van der Waals surface area (Å²) in [5.74, 6) is 1.11. The molecule has 2 nitrogen and oxygen atoms in total. The van der Waals surface area contributed by atoms with Crippen LogP contribution in [0.2, 0.25) is 0 Å². The van der Waals surface area contributed by atoms with Gasteiger partial charge in [0.1, 0.15) is 0 Å². The molecule has 0 saturated heterocycles. The van der Waals surface area contributed by atoms with Crippen molar-refractivity contribution in [2.24, 2.45) is 5.92 Å². The van der Waals surface area contributed by atoms with Crippen molar-refractivity contribution in [1.29, 1.82) is 0 Å². The molecule has 0 aromatic heterocycles. The van der Waals surface area contributed by atoms with Crippen LogP contribution in [0, 0.1) is 5.92 Å². The Balaban J connectivity index is 0.000000463. The monoisotopic (exact) mass is 342 g/mol. The molecule has 0 spiro atoms. The first-order chi connectivity index (χ1) is 11.8. The van der Waals surface area contributed by atoms with Crippen molar-refractivity contribution < 1.29 is 9.78 Å². The first kappa shape index (κ1) is 23.9. The van der Waals surface area contributed by atoms with Crippen molar-refractivity contribution in [3.8, 4) is 0 Å². The summed E-state index contributed by atoms with van der Waals surface area (Å²) in [5.41, 5.74) is 0. The fraction of sp³-hybridized carbons (Fsp3) is 1.00. The van der Waals surface area contributed by atoms with Crippen molar-refractivity contribution in [2.75, 3.05) is 13.2 Å². The zero-order valence-electron chi connectivity index (χ0n) is 17.1. The van der Waals surface area contributed by atoms with Gasteiger partial charge in [0.05, 0.1) is 13.2 Å². The largest absolute Gasteiger partial charge is 0.237 e. The van der Waals surface area contributed by atoms with E-state index in [0.29, 0.717) is 0 Å². The van der Waals surface area contributed by atoms with E-state index < -0.39 is 0 Å². The van der Waals surface area contributed by atoms with Crippen LogP contribution in [0.5, 0.6) is 0 Å². The first-order valence-electron chi connectivity index (χ1n) is 11.1. The molecule has 1 aliphatic rings. The predicted molar refractivity (Wildman–Crippen MR) is 106 cm³/mol. The third-order valence-corrected chi connectivity index (χ3v) is 4.94. The van der Waals surface area contributed by atoms with Gasteiger partial charge in [-0.25, -0.2) is 9.78 Å². The smallest absolute Gasteiger partial charge is 0.0822 e. The van der Waals surface area contributed by atoms with E-state index in [-0.39, 0.29) is 0 Å². The molecule has 0 aromatic carbocycles. The molecular weight excluding hydrogens is 296 g/mol. The maximum atomic E-state index is 5.06. The van der Waals surface area contributed by atoms with E-state index in [1.54, 1.807) is 0 Å². The standard InChI is InChI=1S/C12H26O2.C10H20/c1-3-5-7-9-11-13-14-12-10-8-6-4-2;1-2-3-7-10-8-5-4-6-9-10/h3-12H2,1-2H3;10H,2-9H2,1H3. The summed E-state index contributed by atoms with van der Waals surface area (Å²) in [4.78, 5) is 10.1. The average molecular weight is 343 g/mol. The van der Waals surface area contributed by atoms with Crippen LogP contribution in [0.4, 0.5) is 0 Å². The zero-order chi connectivity index (χ0) is 17.7. The third kappa shape index (κ3) is 18.3. The Hall–Kier alpha value is -0.0800. The lowest BCUT2D eigenvalue weighted by molar-refractivity contribution is -0.295. The highest BCUT2D eigenvalue weighted by Crippen LogP contribution is 2.27. The SMILES string of the molecule is CCCCC1CCCCC1.CCCCCCOOCCCCCC. The lowest BCUT2D eigenvalue weighted by Gasteiger charge is -2.20. The number of hydrogen-bond donors (Lipinski definition) is 0. The molecule has 0 unspecified atom stereocenters. The molecule has 0 heterocycles. The van der Waals surface area contributed by atoms with Crippen LogP contribution < -0.4 is 0 Å². The highest BCUT2D eigenvalue weighted by Gasteiger charge is 2.11. The summed E-state index contributed by atoms with van der Waals surface area (Å²) in [5, 5.41) is 0. The van der Waals surface area contributed by atoms with Crippen LogP contribution in [0.1, 0.15) is 124 Å². The van der Waals surface area contributed by atoms with Gasteiger partial charge in [-0.1, -0.05) is 111 Å². The molecule has 0 amide bonds. The lowest BCUT2D eigenvalue weighted by Crippen LogP contribution is -2.05. The van der Waals surface area contributed by atoms with Crippen molar-refractivity contribution in [2.45, 2.75) is 124 Å². The zero-order valence-corrected chi connectivity index (χ0v) is 17.1. The van der Waals surface area contributed by atoms with Crippen LogP contribution in [-0.2, 0) is 9.78 Å². The van der Waals surface area contributed by atoms with E-state index in [0.717, 1.165) is 32.0 Å². The maximum Gasteiger partial charge on any atom is 0.0822 e. The molecule has 0 N–H and O–H groups in total. The molecule has 0 radical (unpaired) electrons. The Bertz CT molecular complexity index is 200. The van der Waals surface area contributed by atoms with Gasteiger partial charge in [0, 0.05) is 0 Å². The van der Waals surface area contributed by atoms with E-state index in [4.69, 9.17) is 9.78 Å². The predicted octanol–water partition coefficient (Wildman–Crippen LogP) is 7.85. The van der Waals surface area contributed by atoms with Crippen LogP contribution in [0.3, 0.4) is 0 Å². The van der Waals surface area contributed by atoms with E-state index in [1.165, 1.54) is 89.9 Å². The Morgan fingerprint density at radius 3 is 1.54 bits per heavy atom. The normalized spacial score (nSPS) is 15.1. The quantitative estimate of drug-likeness (QED) is 0.182. The minimum absolute atomic E-state index is 0.758. The van der Waals surface area contributed by atoms with Gasteiger partial charge in [-0.3, -0.25) is 0 Å². The number of hydrogen-bond acceptors (Lipinski definition) is 2. The van der Waals surface area contributed by atoms with E-state index in [2.05, 4.69) is 20.8 Å². The van der Waals surface area contributed by atoms with E-state index in [1.807, 2.05) is 0 Å². The second-order valence-corrected chi connectivity index (χ2v) is 7.41. The molecule has 1 aliphatic carbocycles. The van der Waals surface area contributed by atoms with Crippen LogP contribution in [0.15, 0.2) is 0 Å². The second kappa shape index (κ2) is 21.0. The average Bonchev–Trinajstić information content (AvgIpc) is 2.63. The third-order valence-electron chi connectivity index (χ3n) is 4.94. The molecule has 2 heteroatoms. The summed E-state index contributed by atoms with van der Waals surface area (Å²) in [7, 11) is 0. The summed E-state index contributed by atoms with van der Waals surface area (Å²) in [6.45, 7) is 8.24. The second-order valence-electron chi connectivity index (χ2n) is 7.41. The van der Waals surface area contributed by atoms with Crippen molar-refractivity contribution in [1.82, 2.24) is 0 Å². The fourth-order valence-corrected chi connectivity index (χ4v) is 3.26. The molecule has 1 fully saturated rings. The Morgan fingerprint density at radius 2 is 1.08 bits per heavy atom. The minimum atomic E-state index is 0.758. The van der Waals surface area contributed by atoms with Crippen molar-refractivity contribution >= 4 is 0 Å². The Labute approximate surface area is 153 Å². The van der Waals surface area contributed by atoms with Gasteiger partial charge in [-0.05, 0) is 18.8 Å². The molecular formula is C22H46O2. The molecule has 0 bridgehead atoms. The molecule has 1 rings (SSSR count). The highest BCUT2D eigenvalue weighted by atomic mass is 17.2. The number of unbranched alkanes of at least 4 members (excludes halogenated alkanes) is 7. The fourth-order valence-electron chi connectivity index (χ4n) is 3.26.